The van der Waals surface area contributed by atoms with Crippen molar-refractivity contribution in [3.63, 3.8) is 0 Å². The van der Waals surface area contributed by atoms with Gasteiger partial charge in [-0.3, -0.25) is 0 Å². The van der Waals surface area contributed by atoms with Crippen LogP contribution >= 0.6 is 0 Å². The average Bonchev–Trinajstić information content (AvgIpc) is 2.19. The van der Waals surface area contributed by atoms with Crippen molar-refractivity contribution in [3.05, 3.63) is 35.1 Å². The SMILES string of the molecule is Cc1c(F)cccc1[C@H](N)C(F)(F)C(F)(F)F. The lowest BCUT2D eigenvalue weighted by atomic mass is 9.96. The van der Waals surface area contributed by atoms with Gasteiger partial charge < -0.3 is 5.73 Å². The summed E-state index contributed by atoms with van der Waals surface area (Å²) in [5.41, 5.74) is 4.01. The van der Waals surface area contributed by atoms with Crippen molar-refractivity contribution in [2.75, 3.05) is 0 Å². The van der Waals surface area contributed by atoms with Crippen LogP contribution in [-0.2, 0) is 0 Å². The molecular weight excluding hydrogens is 248 g/mol. The molecule has 0 aliphatic carbocycles. The van der Waals surface area contributed by atoms with Crippen molar-refractivity contribution in [2.24, 2.45) is 5.73 Å². The highest BCUT2D eigenvalue weighted by atomic mass is 19.4. The molecule has 0 heterocycles. The Labute approximate surface area is 93.2 Å². The number of halogens is 6. The molecule has 0 aliphatic rings. The van der Waals surface area contributed by atoms with Crippen molar-refractivity contribution >= 4 is 0 Å². The number of benzene rings is 1. The molecule has 0 aliphatic heterocycles. The molecule has 0 unspecified atom stereocenters. The first-order chi connectivity index (χ1) is 7.59. The average molecular weight is 257 g/mol. The number of nitrogens with two attached hydrogens (primary N) is 1. The quantitative estimate of drug-likeness (QED) is 0.808. The first-order valence-corrected chi connectivity index (χ1v) is 4.54. The summed E-state index contributed by atoms with van der Waals surface area (Å²) in [5.74, 6) is -5.98. The van der Waals surface area contributed by atoms with Crippen LogP contribution in [0.25, 0.3) is 0 Å². The Kier molecular flexibility index (Phi) is 3.42. The Balaban J connectivity index is 3.22. The van der Waals surface area contributed by atoms with Crippen molar-refractivity contribution in [1.29, 1.82) is 0 Å². The molecule has 2 N–H and O–H groups in total. The second-order valence-corrected chi connectivity index (χ2v) is 3.55. The molecule has 0 spiro atoms. The molecule has 1 aromatic carbocycles. The molecule has 0 radical (unpaired) electrons. The number of hydrogen-bond acceptors (Lipinski definition) is 1. The van der Waals surface area contributed by atoms with E-state index in [0.29, 0.717) is 0 Å². The minimum absolute atomic E-state index is 0.316. The van der Waals surface area contributed by atoms with Crippen LogP contribution in [0.5, 0.6) is 0 Å². The van der Waals surface area contributed by atoms with E-state index < -0.39 is 29.5 Å². The molecule has 1 rings (SSSR count). The Morgan fingerprint density at radius 3 is 2.12 bits per heavy atom. The van der Waals surface area contributed by atoms with Crippen LogP contribution in [0.1, 0.15) is 17.2 Å². The standard InChI is InChI=1S/C10H9F6N/c1-5-6(3-2-4-7(5)11)8(17)9(12,13)10(14,15)16/h2-4,8H,17H2,1H3/t8-/m0/s1. The highest BCUT2D eigenvalue weighted by Crippen LogP contribution is 2.43. The Hall–Kier alpha value is -1.24. The van der Waals surface area contributed by atoms with Gasteiger partial charge in [0.05, 0.1) is 0 Å². The number of rotatable bonds is 2. The number of hydrogen-bond donors (Lipinski definition) is 1. The lowest BCUT2D eigenvalue weighted by Crippen LogP contribution is -2.46. The minimum Gasteiger partial charge on any atom is -0.319 e. The molecule has 17 heavy (non-hydrogen) atoms. The molecule has 1 atom stereocenters. The summed E-state index contributed by atoms with van der Waals surface area (Å²) >= 11 is 0. The maximum Gasteiger partial charge on any atom is 0.455 e. The van der Waals surface area contributed by atoms with E-state index in [1.54, 1.807) is 0 Å². The van der Waals surface area contributed by atoms with Crippen LogP contribution in [0.15, 0.2) is 18.2 Å². The van der Waals surface area contributed by atoms with Gasteiger partial charge in [0.2, 0.25) is 0 Å². The van der Waals surface area contributed by atoms with Gasteiger partial charge in [-0.15, -0.1) is 0 Å². The van der Waals surface area contributed by atoms with E-state index in [1.165, 1.54) is 0 Å². The summed E-state index contributed by atoms with van der Waals surface area (Å²) < 4.78 is 75.2. The molecule has 0 bridgehead atoms. The first kappa shape index (κ1) is 13.8. The Bertz CT molecular complexity index is 412. The zero-order valence-electron chi connectivity index (χ0n) is 8.65. The molecular formula is C10H9F6N. The molecule has 0 amide bonds. The summed E-state index contributed by atoms with van der Waals surface area (Å²) in [7, 11) is 0. The molecule has 96 valence electrons. The van der Waals surface area contributed by atoms with Gasteiger partial charge in [-0.25, -0.2) is 4.39 Å². The van der Waals surface area contributed by atoms with E-state index in [0.717, 1.165) is 25.1 Å². The number of alkyl halides is 5. The predicted octanol–water partition coefficient (Wildman–Crippen LogP) is 3.33. The predicted molar refractivity (Wildman–Crippen MR) is 49.1 cm³/mol. The minimum atomic E-state index is -5.77. The zero-order valence-corrected chi connectivity index (χ0v) is 8.65. The van der Waals surface area contributed by atoms with Gasteiger partial charge in [0.25, 0.3) is 0 Å². The van der Waals surface area contributed by atoms with Crippen molar-refractivity contribution in [1.82, 2.24) is 0 Å². The molecule has 0 saturated carbocycles. The van der Waals surface area contributed by atoms with E-state index in [4.69, 9.17) is 5.73 Å². The van der Waals surface area contributed by atoms with Crippen molar-refractivity contribution in [2.45, 2.75) is 25.1 Å². The monoisotopic (exact) mass is 257 g/mol. The largest absolute Gasteiger partial charge is 0.455 e. The fraction of sp³-hybridized carbons (Fsp3) is 0.400. The smallest absolute Gasteiger partial charge is 0.319 e. The fourth-order valence-corrected chi connectivity index (χ4v) is 1.33. The van der Waals surface area contributed by atoms with Crippen LogP contribution in [0.2, 0.25) is 0 Å². The van der Waals surface area contributed by atoms with Crippen LogP contribution < -0.4 is 5.73 Å². The molecule has 1 nitrogen and oxygen atoms in total. The van der Waals surface area contributed by atoms with Crippen molar-refractivity contribution < 1.29 is 26.3 Å². The maximum atomic E-state index is 13.0. The van der Waals surface area contributed by atoms with Gasteiger partial charge >= 0.3 is 12.1 Å². The Morgan fingerprint density at radius 1 is 1.12 bits per heavy atom. The normalized spacial score (nSPS) is 14.8. The van der Waals surface area contributed by atoms with Crippen LogP contribution in [-0.4, -0.2) is 12.1 Å². The van der Waals surface area contributed by atoms with Gasteiger partial charge in [0, 0.05) is 0 Å². The van der Waals surface area contributed by atoms with Gasteiger partial charge in [-0.2, -0.15) is 22.0 Å². The van der Waals surface area contributed by atoms with Gasteiger partial charge in [-0.05, 0) is 24.1 Å². The highest BCUT2D eigenvalue weighted by molar-refractivity contribution is 5.31. The van der Waals surface area contributed by atoms with Crippen LogP contribution in [0.4, 0.5) is 26.3 Å². The summed E-state index contributed by atoms with van der Waals surface area (Å²) in [6.07, 6.45) is -5.77. The molecule has 7 heteroatoms. The van der Waals surface area contributed by atoms with Gasteiger partial charge in [-0.1, -0.05) is 12.1 Å². The van der Waals surface area contributed by atoms with E-state index in [1.807, 2.05) is 0 Å². The third kappa shape index (κ3) is 2.38. The summed E-state index contributed by atoms with van der Waals surface area (Å²) in [6.45, 7) is 1.09. The molecule has 0 fully saturated rings. The van der Waals surface area contributed by atoms with E-state index >= 15 is 0 Å². The lowest BCUT2D eigenvalue weighted by molar-refractivity contribution is -0.291. The lowest BCUT2D eigenvalue weighted by Gasteiger charge is -2.26. The maximum absolute atomic E-state index is 13.0. The van der Waals surface area contributed by atoms with Crippen LogP contribution in [0, 0.1) is 12.7 Å². The molecule has 0 saturated heterocycles. The third-order valence-electron chi connectivity index (χ3n) is 2.41. The summed E-state index contributed by atoms with van der Waals surface area (Å²) in [4.78, 5) is 0. The second kappa shape index (κ2) is 4.21. The third-order valence-corrected chi connectivity index (χ3v) is 2.41. The molecule has 1 aromatic rings. The van der Waals surface area contributed by atoms with E-state index in [9.17, 15) is 26.3 Å². The highest BCUT2D eigenvalue weighted by Gasteiger charge is 2.61. The Morgan fingerprint density at radius 2 is 1.65 bits per heavy atom. The summed E-state index contributed by atoms with van der Waals surface area (Å²) in [6, 6.07) is 0.308. The van der Waals surface area contributed by atoms with Gasteiger partial charge in [0.1, 0.15) is 11.9 Å². The van der Waals surface area contributed by atoms with Crippen LogP contribution in [0.3, 0.4) is 0 Å². The topological polar surface area (TPSA) is 26.0 Å². The van der Waals surface area contributed by atoms with Gasteiger partial charge in [0.15, 0.2) is 0 Å². The molecule has 0 aromatic heterocycles. The zero-order chi connectivity index (χ0) is 13.4. The summed E-state index contributed by atoms with van der Waals surface area (Å²) in [5, 5.41) is 0. The first-order valence-electron chi connectivity index (χ1n) is 4.54. The van der Waals surface area contributed by atoms with E-state index in [2.05, 4.69) is 0 Å². The fourth-order valence-electron chi connectivity index (χ4n) is 1.33. The van der Waals surface area contributed by atoms with Crippen molar-refractivity contribution in [3.8, 4) is 0 Å². The van der Waals surface area contributed by atoms with E-state index in [-0.39, 0.29) is 5.56 Å². The second-order valence-electron chi connectivity index (χ2n) is 3.55.